The lowest BCUT2D eigenvalue weighted by atomic mass is 10.2. The molecule has 0 atom stereocenters. The van der Waals surface area contributed by atoms with Gasteiger partial charge in [0.1, 0.15) is 6.54 Å². The first kappa shape index (κ1) is 17.9. The van der Waals surface area contributed by atoms with Crippen molar-refractivity contribution in [2.24, 2.45) is 0 Å². The van der Waals surface area contributed by atoms with Crippen molar-refractivity contribution in [2.45, 2.75) is 30.6 Å². The van der Waals surface area contributed by atoms with E-state index in [0.29, 0.717) is 17.4 Å². The summed E-state index contributed by atoms with van der Waals surface area (Å²) in [5.41, 5.74) is 2.14. The maximum atomic E-state index is 12.1. The third-order valence-corrected chi connectivity index (χ3v) is 5.18. The molecule has 1 heterocycles. The fraction of sp³-hybridized carbons (Fsp3) is 0.429. The number of carbonyl (C=O) groups excluding carboxylic acids is 2. The van der Waals surface area contributed by atoms with Gasteiger partial charge in [0.05, 0.1) is 4.90 Å². The molecule has 2 N–H and O–H groups in total. The molecule has 0 unspecified atom stereocenters. The highest BCUT2D eigenvalue weighted by atomic mass is 79.9. The molecule has 1 saturated heterocycles. The number of amides is 2. The van der Waals surface area contributed by atoms with Crippen LogP contribution >= 0.6 is 15.9 Å². The van der Waals surface area contributed by atoms with Crippen molar-refractivity contribution in [1.82, 2.24) is 15.2 Å². The van der Waals surface area contributed by atoms with Gasteiger partial charge < -0.3 is 4.90 Å². The van der Waals surface area contributed by atoms with Crippen LogP contribution in [0.15, 0.2) is 33.6 Å². The van der Waals surface area contributed by atoms with Crippen molar-refractivity contribution >= 4 is 37.8 Å². The van der Waals surface area contributed by atoms with E-state index in [1.807, 2.05) is 4.83 Å². The van der Waals surface area contributed by atoms with Crippen molar-refractivity contribution in [3.05, 3.63) is 28.7 Å². The van der Waals surface area contributed by atoms with E-state index in [-0.39, 0.29) is 17.3 Å². The van der Waals surface area contributed by atoms with Gasteiger partial charge in [-0.25, -0.2) is 8.42 Å². The second-order valence-electron chi connectivity index (χ2n) is 5.24. The van der Waals surface area contributed by atoms with Gasteiger partial charge >= 0.3 is 0 Å². The second kappa shape index (κ2) is 7.89. The number of hydrazine groups is 1. The predicted octanol–water partition coefficient (Wildman–Crippen LogP) is 1.16. The number of hydrogen-bond acceptors (Lipinski definition) is 4. The summed E-state index contributed by atoms with van der Waals surface area (Å²) in [5, 5.41) is 0. The van der Waals surface area contributed by atoms with Crippen LogP contribution < -0.4 is 10.3 Å². The van der Waals surface area contributed by atoms with Gasteiger partial charge in [0, 0.05) is 17.4 Å². The van der Waals surface area contributed by atoms with E-state index in [1.54, 1.807) is 12.1 Å². The molecular weight excluding hydrogens is 386 g/mol. The van der Waals surface area contributed by atoms with Crippen LogP contribution in [-0.4, -0.2) is 38.2 Å². The summed E-state index contributed by atoms with van der Waals surface area (Å²) in [7, 11) is -3.85. The highest BCUT2D eigenvalue weighted by Crippen LogP contribution is 2.15. The van der Waals surface area contributed by atoms with Crippen molar-refractivity contribution in [3.8, 4) is 0 Å². The second-order valence-corrected chi connectivity index (χ2v) is 7.84. The van der Waals surface area contributed by atoms with Crippen LogP contribution in [0.25, 0.3) is 0 Å². The van der Waals surface area contributed by atoms with Crippen LogP contribution in [0.4, 0.5) is 0 Å². The third kappa shape index (κ3) is 5.29. The van der Waals surface area contributed by atoms with E-state index in [0.717, 1.165) is 19.3 Å². The minimum Gasteiger partial charge on any atom is -0.333 e. The molecule has 2 rings (SSSR count). The summed E-state index contributed by atoms with van der Waals surface area (Å²) in [5.74, 6) is -0.647. The topological polar surface area (TPSA) is 95.6 Å². The quantitative estimate of drug-likeness (QED) is 0.720. The van der Waals surface area contributed by atoms with Crippen LogP contribution in [0.1, 0.15) is 25.7 Å². The van der Waals surface area contributed by atoms with Crippen molar-refractivity contribution in [3.63, 3.8) is 0 Å². The molecule has 0 bridgehead atoms. The number of sulfonamides is 1. The fourth-order valence-corrected chi connectivity index (χ4v) is 3.69. The number of benzene rings is 1. The Morgan fingerprint density at radius 2 is 2.04 bits per heavy atom. The number of hydrogen-bond donors (Lipinski definition) is 2. The van der Waals surface area contributed by atoms with Crippen LogP contribution in [0, 0.1) is 0 Å². The molecule has 7 nitrogen and oxygen atoms in total. The summed E-state index contributed by atoms with van der Waals surface area (Å²) in [4.78, 5) is 27.2. The molecule has 0 aliphatic carbocycles. The lowest BCUT2D eigenvalue weighted by molar-refractivity contribution is -0.135. The van der Waals surface area contributed by atoms with Gasteiger partial charge in [0.2, 0.25) is 5.91 Å². The van der Waals surface area contributed by atoms with E-state index in [9.17, 15) is 18.0 Å². The van der Waals surface area contributed by atoms with Crippen LogP contribution in [0.3, 0.4) is 0 Å². The Kier molecular flexibility index (Phi) is 6.14. The predicted molar refractivity (Wildman–Crippen MR) is 87.7 cm³/mol. The molecule has 2 amide bonds. The van der Waals surface area contributed by atoms with Gasteiger partial charge in [-0.3, -0.25) is 15.0 Å². The maximum Gasteiger partial charge on any atom is 0.257 e. The fourth-order valence-electron chi connectivity index (χ4n) is 2.24. The molecule has 1 aliphatic heterocycles. The first-order valence-corrected chi connectivity index (χ1v) is 9.50. The number of carbonyl (C=O) groups is 2. The Balaban J connectivity index is 1.92. The Bertz CT molecular complexity index is 693. The number of nitrogens with zero attached hydrogens (tertiary/aromatic N) is 1. The molecule has 1 fully saturated rings. The Hall–Kier alpha value is -1.45. The number of likely N-dealkylation sites (tertiary alicyclic amines) is 1. The summed E-state index contributed by atoms with van der Waals surface area (Å²) in [6.07, 6.45) is 3.06. The lowest BCUT2D eigenvalue weighted by Crippen LogP contribution is -2.47. The molecule has 0 spiro atoms. The molecule has 1 aromatic carbocycles. The molecule has 9 heteroatoms. The average molecular weight is 404 g/mol. The normalized spacial score (nSPS) is 16.0. The number of halogens is 1. The molecule has 23 heavy (non-hydrogen) atoms. The zero-order valence-electron chi connectivity index (χ0n) is 12.4. The molecular formula is C14H18BrN3O4S. The van der Waals surface area contributed by atoms with Gasteiger partial charge in [-0.15, -0.1) is 4.83 Å². The largest absolute Gasteiger partial charge is 0.333 e. The van der Waals surface area contributed by atoms with Crippen molar-refractivity contribution in [1.29, 1.82) is 0 Å². The molecule has 0 saturated carbocycles. The van der Waals surface area contributed by atoms with Crippen molar-refractivity contribution in [2.75, 3.05) is 13.1 Å². The average Bonchev–Trinajstić information content (AvgIpc) is 2.70. The Morgan fingerprint density at radius 1 is 1.26 bits per heavy atom. The van der Waals surface area contributed by atoms with Gasteiger partial charge in [-0.05, 0) is 31.0 Å². The SMILES string of the molecule is O=C(CN1CCCCCC1=O)NNS(=O)(=O)c1cccc(Br)c1. The van der Waals surface area contributed by atoms with Gasteiger partial charge in [0.15, 0.2) is 0 Å². The highest BCUT2D eigenvalue weighted by molar-refractivity contribution is 9.10. The smallest absolute Gasteiger partial charge is 0.257 e. The summed E-state index contributed by atoms with van der Waals surface area (Å²) < 4.78 is 24.8. The third-order valence-electron chi connectivity index (χ3n) is 3.44. The summed E-state index contributed by atoms with van der Waals surface area (Å²) in [6, 6.07) is 6.11. The Morgan fingerprint density at radius 3 is 2.78 bits per heavy atom. The van der Waals surface area contributed by atoms with E-state index < -0.39 is 15.9 Å². The highest BCUT2D eigenvalue weighted by Gasteiger charge is 2.20. The van der Waals surface area contributed by atoms with Gasteiger partial charge in [-0.2, -0.15) is 0 Å². The minimum atomic E-state index is -3.85. The standard InChI is InChI=1S/C14H18BrN3O4S/c15-11-5-4-6-12(9-11)23(21,22)17-16-13(19)10-18-8-3-1-2-7-14(18)20/h4-6,9,17H,1-3,7-8,10H2,(H,16,19). The molecule has 1 aromatic rings. The van der Waals surface area contributed by atoms with E-state index >= 15 is 0 Å². The Labute approximate surface area is 143 Å². The molecule has 0 aromatic heterocycles. The molecule has 0 radical (unpaired) electrons. The lowest BCUT2D eigenvalue weighted by Gasteiger charge is -2.19. The zero-order chi connectivity index (χ0) is 16.9. The molecule has 1 aliphatic rings. The first-order chi connectivity index (χ1) is 10.9. The zero-order valence-corrected chi connectivity index (χ0v) is 14.8. The van der Waals surface area contributed by atoms with E-state index in [4.69, 9.17) is 0 Å². The van der Waals surface area contributed by atoms with Crippen LogP contribution in [-0.2, 0) is 19.6 Å². The van der Waals surface area contributed by atoms with Gasteiger partial charge in [0.25, 0.3) is 15.9 Å². The van der Waals surface area contributed by atoms with Crippen LogP contribution in [0.5, 0.6) is 0 Å². The van der Waals surface area contributed by atoms with E-state index in [2.05, 4.69) is 21.4 Å². The van der Waals surface area contributed by atoms with Crippen molar-refractivity contribution < 1.29 is 18.0 Å². The van der Waals surface area contributed by atoms with Gasteiger partial charge in [-0.1, -0.05) is 28.4 Å². The maximum absolute atomic E-state index is 12.1. The first-order valence-electron chi connectivity index (χ1n) is 7.22. The summed E-state index contributed by atoms with van der Waals surface area (Å²) >= 11 is 3.19. The minimum absolute atomic E-state index is 0.0259. The monoisotopic (exact) mass is 403 g/mol. The number of nitrogens with one attached hydrogen (secondary N) is 2. The van der Waals surface area contributed by atoms with Crippen LogP contribution in [0.2, 0.25) is 0 Å². The summed E-state index contributed by atoms with van der Waals surface area (Å²) in [6.45, 7) is 0.366. The molecule has 126 valence electrons. The number of rotatable bonds is 5. The van der Waals surface area contributed by atoms with E-state index in [1.165, 1.54) is 17.0 Å².